The summed E-state index contributed by atoms with van der Waals surface area (Å²) in [6.45, 7) is 0. The van der Waals surface area contributed by atoms with Gasteiger partial charge in [0, 0.05) is 26.8 Å². The van der Waals surface area contributed by atoms with E-state index in [0.29, 0.717) is 17.3 Å². The summed E-state index contributed by atoms with van der Waals surface area (Å²) < 4.78 is 2.26. The molecule has 1 heterocycles. The van der Waals surface area contributed by atoms with Crippen LogP contribution < -0.4 is 16.0 Å². The van der Waals surface area contributed by atoms with Gasteiger partial charge in [0.1, 0.15) is 5.75 Å². The molecule has 0 aliphatic heterocycles. The molecule has 0 amide bonds. The maximum atomic E-state index is 12.5. The van der Waals surface area contributed by atoms with Crippen molar-refractivity contribution < 1.29 is 10.2 Å². The predicted molar refractivity (Wildman–Crippen MR) is 80.2 cm³/mol. The number of hydrogen-bond donors (Lipinski definition) is 2. The van der Waals surface area contributed by atoms with E-state index in [1.165, 1.54) is 16.7 Å². The van der Waals surface area contributed by atoms with Crippen molar-refractivity contribution in [1.29, 1.82) is 0 Å². The smallest absolute Gasteiger partial charge is 0.262 e. The molecule has 0 bridgehead atoms. The molecule has 102 valence electrons. The van der Waals surface area contributed by atoms with Crippen LogP contribution in [-0.4, -0.2) is 20.9 Å². The summed E-state index contributed by atoms with van der Waals surface area (Å²) in [4.78, 5) is 12.5. The minimum absolute atomic E-state index is 0.142. The number of aromatic nitrogens is 1. The van der Waals surface area contributed by atoms with Crippen LogP contribution in [0.15, 0.2) is 39.7 Å². The minimum atomic E-state index is -0.553. The van der Waals surface area contributed by atoms with Crippen molar-refractivity contribution in [3.63, 3.8) is 0 Å². The maximum absolute atomic E-state index is 12.5. The number of benzene rings is 1. The van der Waals surface area contributed by atoms with Gasteiger partial charge in [0.05, 0.1) is 6.10 Å². The van der Waals surface area contributed by atoms with E-state index in [-0.39, 0.29) is 11.3 Å². The zero-order chi connectivity index (χ0) is 14.3. The summed E-state index contributed by atoms with van der Waals surface area (Å²) in [7, 11) is 0. The first kappa shape index (κ1) is 13.1. The average Bonchev–Trinajstić information content (AvgIpc) is 2.44. The van der Waals surface area contributed by atoms with Crippen molar-refractivity contribution in [3.05, 3.63) is 55.7 Å². The number of phenols is 1. The second-order valence-electron chi connectivity index (χ2n) is 4.67. The average molecular weight is 334 g/mol. The number of pyridine rings is 1. The Hall–Kier alpha value is -1.85. The lowest BCUT2D eigenvalue weighted by molar-refractivity contribution is 0.244. The number of fused-ring (bicyclic) bond motifs is 1. The van der Waals surface area contributed by atoms with E-state index in [4.69, 9.17) is 0 Å². The van der Waals surface area contributed by atoms with E-state index in [0.717, 1.165) is 9.69 Å². The fraction of sp³-hybridized carbons (Fsp3) is 0.133. The molecule has 1 aliphatic rings. The van der Waals surface area contributed by atoms with Crippen LogP contribution >= 0.6 is 15.9 Å². The summed E-state index contributed by atoms with van der Waals surface area (Å²) >= 11 is 3.43. The number of aliphatic hydroxyl groups is 1. The number of hydrogen-bond acceptors (Lipinski definition) is 3. The van der Waals surface area contributed by atoms with Gasteiger partial charge in [-0.15, -0.1) is 0 Å². The standard InChI is InChI=1S/C15H12BrNO3/c16-14-8-17(9-1-3-10(18)4-2-9)15(20)12-6-5-11(19)7-13(12)14/h1-4,6-8,11,18-19H,5H2. The molecule has 1 atom stereocenters. The first-order chi connectivity index (χ1) is 9.56. The second kappa shape index (κ2) is 4.92. The Morgan fingerprint density at radius 1 is 1.20 bits per heavy atom. The Morgan fingerprint density at radius 2 is 1.90 bits per heavy atom. The Balaban J connectivity index is 2.31. The molecule has 1 aliphatic carbocycles. The van der Waals surface area contributed by atoms with Gasteiger partial charge >= 0.3 is 0 Å². The van der Waals surface area contributed by atoms with E-state index < -0.39 is 6.10 Å². The quantitative estimate of drug-likeness (QED) is 0.804. The van der Waals surface area contributed by atoms with Gasteiger partial charge in [-0.2, -0.15) is 0 Å². The highest BCUT2D eigenvalue weighted by Gasteiger charge is 2.11. The van der Waals surface area contributed by atoms with Crippen LogP contribution in [0, 0.1) is 0 Å². The Morgan fingerprint density at radius 3 is 2.60 bits per heavy atom. The summed E-state index contributed by atoms with van der Waals surface area (Å²) in [5.74, 6) is 0.154. The van der Waals surface area contributed by atoms with Crippen molar-refractivity contribution in [2.45, 2.75) is 12.5 Å². The topological polar surface area (TPSA) is 62.5 Å². The molecule has 0 spiro atoms. The van der Waals surface area contributed by atoms with Crippen LogP contribution in [-0.2, 0) is 0 Å². The van der Waals surface area contributed by atoms with Gasteiger partial charge in [-0.1, -0.05) is 6.08 Å². The fourth-order valence-electron chi connectivity index (χ4n) is 2.29. The molecule has 0 radical (unpaired) electrons. The van der Waals surface area contributed by atoms with Gasteiger partial charge in [0.15, 0.2) is 0 Å². The Bertz CT molecular complexity index is 837. The van der Waals surface area contributed by atoms with Crippen molar-refractivity contribution in [2.24, 2.45) is 0 Å². The lowest BCUT2D eigenvalue weighted by Gasteiger charge is -2.11. The third-order valence-electron chi connectivity index (χ3n) is 3.29. The van der Waals surface area contributed by atoms with Crippen molar-refractivity contribution in [2.75, 3.05) is 0 Å². The molecule has 20 heavy (non-hydrogen) atoms. The van der Waals surface area contributed by atoms with Crippen LogP contribution in [0.3, 0.4) is 0 Å². The summed E-state index contributed by atoms with van der Waals surface area (Å²) in [5, 5.41) is 20.3. The molecule has 5 heteroatoms. The zero-order valence-electron chi connectivity index (χ0n) is 10.5. The molecule has 3 rings (SSSR count). The van der Waals surface area contributed by atoms with E-state index in [2.05, 4.69) is 15.9 Å². The van der Waals surface area contributed by atoms with Crippen molar-refractivity contribution in [1.82, 2.24) is 4.57 Å². The fourth-order valence-corrected chi connectivity index (χ4v) is 2.84. The normalized spacial score (nSPS) is 17.0. The molecule has 0 saturated heterocycles. The van der Waals surface area contributed by atoms with Crippen LogP contribution in [0.25, 0.3) is 17.8 Å². The van der Waals surface area contributed by atoms with Crippen LogP contribution in [0.4, 0.5) is 0 Å². The van der Waals surface area contributed by atoms with Gasteiger partial charge in [-0.3, -0.25) is 9.36 Å². The highest BCUT2D eigenvalue weighted by molar-refractivity contribution is 9.10. The molecule has 0 saturated carbocycles. The monoisotopic (exact) mass is 333 g/mol. The van der Waals surface area contributed by atoms with Gasteiger partial charge in [0.2, 0.25) is 0 Å². The summed E-state index contributed by atoms with van der Waals surface area (Å²) in [6.07, 6.45) is 5.00. The van der Waals surface area contributed by atoms with Gasteiger partial charge < -0.3 is 10.2 Å². The molecule has 2 N–H and O–H groups in total. The first-order valence-corrected chi connectivity index (χ1v) is 6.96. The van der Waals surface area contributed by atoms with E-state index in [9.17, 15) is 15.0 Å². The number of aliphatic hydroxyl groups excluding tert-OH is 1. The number of phenolic OH excluding ortho intramolecular Hbond substituents is 1. The molecule has 2 aromatic rings. The van der Waals surface area contributed by atoms with Crippen LogP contribution in [0.2, 0.25) is 0 Å². The Kier molecular flexibility index (Phi) is 3.23. The third-order valence-corrected chi connectivity index (χ3v) is 3.92. The van der Waals surface area contributed by atoms with E-state index >= 15 is 0 Å². The molecule has 1 unspecified atom stereocenters. The van der Waals surface area contributed by atoms with Crippen molar-refractivity contribution in [3.8, 4) is 11.4 Å². The second-order valence-corrected chi connectivity index (χ2v) is 5.52. The summed E-state index contributed by atoms with van der Waals surface area (Å²) in [6, 6.07) is 6.43. The van der Waals surface area contributed by atoms with Crippen LogP contribution in [0.1, 0.15) is 6.42 Å². The zero-order valence-corrected chi connectivity index (χ0v) is 12.0. The number of halogens is 1. The number of aromatic hydroxyl groups is 1. The van der Waals surface area contributed by atoms with E-state index in [1.807, 2.05) is 0 Å². The molecule has 4 nitrogen and oxygen atoms in total. The van der Waals surface area contributed by atoms with Gasteiger partial charge in [0.25, 0.3) is 5.56 Å². The van der Waals surface area contributed by atoms with E-state index in [1.54, 1.807) is 30.5 Å². The predicted octanol–water partition coefficient (Wildman–Crippen LogP) is 0.631. The maximum Gasteiger partial charge on any atom is 0.262 e. The molecule has 0 fully saturated rings. The minimum Gasteiger partial charge on any atom is -0.508 e. The molecule has 1 aromatic heterocycles. The highest BCUT2D eigenvalue weighted by atomic mass is 79.9. The SMILES string of the molecule is O=c1c2c(c(Br)cn1-c1ccc(O)cc1)=CC(O)CC=2. The van der Waals surface area contributed by atoms with Crippen molar-refractivity contribution >= 4 is 28.1 Å². The van der Waals surface area contributed by atoms with Gasteiger partial charge in [-0.25, -0.2) is 0 Å². The molecular weight excluding hydrogens is 322 g/mol. The first-order valence-electron chi connectivity index (χ1n) is 6.17. The number of rotatable bonds is 1. The molecule has 1 aromatic carbocycles. The summed E-state index contributed by atoms with van der Waals surface area (Å²) in [5.41, 5.74) is 0.535. The van der Waals surface area contributed by atoms with Crippen LogP contribution in [0.5, 0.6) is 5.75 Å². The van der Waals surface area contributed by atoms with Gasteiger partial charge in [-0.05, 0) is 52.7 Å². The highest BCUT2D eigenvalue weighted by Crippen LogP contribution is 2.13. The largest absolute Gasteiger partial charge is 0.508 e. The molecular formula is C15H12BrNO3. The lowest BCUT2D eigenvalue weighted by atomic mass is 10.1. The number of nitrogens with zero attached hydrogens (tertiary/aromatic N) is 1. The lowest BCUT2D eigenvalue weighted by Crippen LogP contribution is -2.47. The third kappa shape index (κ3) is 2.19. The Labute approximate surface area is 123 Å².